The topological polar surface area (TPSA) is 64.3 Å². The van der Waals surface area contributed by atoms with Crippen molar-refractivity contribution in [1.82, 2.24) is 24.3 Å². The molecular weight excluding hydrogens is 534 g/mol. The van der Waals surface area contributed by atoms with Gasteiger partial charge in [0.05, 0.1) is 12.6 Å². The molecule has 3 unspecified atom stereocenters. The first-order valence-electron chi connectivity index (χ1n) is 15.4. The highest BCUT2D eigenvalue weighted by atomic mass is 16.5. The lowest BCUT2D eigenvalue weighted by Crippen LogP contribution is -2.43. The van der Waals surface area contributed by atoms with E-state index in [1.165, 1.54) is 16.8 Å². The van der Waals surface area contributed by atoms with Crippen LogP contribution in [0.2, 0.25) is 0 Å². The Morgan fingerprint density at radius 2 is 1.74 bits per heavy atom. The smallest absolute Gasteiger partial charge is 0.254 e. The molecule has 7 heteroatoms. The molecule has 7 nitrogen and oxygen atoms in total. The number of hydrogen-bond acceptors (Lipinski definition) is 4. The summed E-state index contributed by atoms with van der Waals surface area (Å²) in [6.07, 6.45) is 5.24. The van der Waals surface area contributed by atoms with Crippen molar-refractivity contribution in [3.63, 3.8) is 0 Å². The van der Waals surface area contributed by atoms with Crippen molar-refractivity contribution in [3.8, 4) is 17.1 Å². The van der Waals surface area contributed by atoms with Crippen LogP contribution in [0.4, 0.5) is 0 Å². The van der Waals surface area contributed by atoms with Gasteiger partial charge in [0, 0.05) is 61.8 Å². The Bertz CT molecular complexity index is 1760. The molecule has 1 saturated heterocycles. The van der Waals surface area contributed by atoms with E-state index in [4.69, 9.17) is 9.72 Å². The molecule has 0 spiro atoms. The minimum absolute atomic E-state index is 0.0642. The molecule has 1 aliphatic carbocycles. The third-order valence-corrected chi connectivity index (χ3v) is 9.48. The Kier molecular flexibility index (Phi) is 7.27. The van der Waals surface area contributed by atoms with E-state index in [1.807, 2.05) is 31.3 Å². The molecule has 2 aliphatic rings. The summed E-state index contributed by atoms with van der Waals surface area (Å²) in [7, 11) is 3.70. The van der Waals surface area contributed by atoms with E-state index in [1.54, 1.807) is 7.11 Å². The number of nitrogens with zero attached hydrogens (tertiary/aromatic N) is 4. The van der Waals surface area contributed by atoms with E-state index < -0.39 is 0 Å². The summed E-state index contributed by atoms with van der Waals surface area (Å²) < 4.78 is 10.3. The van der Waals surface area contributed by atoms with Crippen LogP contribution in [0.25, 0.3) is 22.4 Å². The highest BCUT2D eigenvalue weighted by Gasteiger charge is 2.48. The van der Waals surface area contributed by atoms with Crippen LogP contribution in [-0.4, -0.2) is 50.7 Å². The number of amides is 1. The predicted molar refractivity (Wildman–Crippen MR) is 170 cm³/mol. The second kappa shape index (κ2) is 11.4. The first-order chi connectivity index (χ1) is 21.1. The lowest BCUT2D eigenvalue weighted by molar-refractivity contribution is 0.0698. The van der Waals surface area contributed by atoms with E-state index >= 15 is 0 Å². The summed E-state index contributed by atoms with van der Waals surface area (Å²) in [5, 5.41) is 3.77. The van der Waals surface area contributed by atoms with Crippen LogP contribution in [0.15, 0.2) is 85.1 Å². The number of carbonyl (C=O) groups is 1. The quantitative estimate of drug-likeness (QED) is 0.233. The van der Waals surface area contributed by atoms with Crippen molar-refractivity contribution in [2.45, 2.75) is 51.4 Å². The number of fused-ring (bicyclic) bond motifs is 3. The van der Waals surface area contributed by atoms with Gasteiger partial charge in [-0.25, -0.2) is 4.98 Å². The average molecular weight is 574 g/mol. The van der Waals surface area contributed by atoms with Crippen LogP contribution < -0.4 is 10.1 Å². The number of hydrogen-bond donors (Lipinski definition) is 1. The van der Waals surface area contributed by atoms with Gasteiger partial charge >= 0.3 is 0 Å². The minimum atomic E-state index is 0.0642. The number of aryl methyl sites for hydroxylation is 1. The Hall–Kier alpha value is -4.36. The van der Waals surface area contributed by atoms with Gasteiger partial charge < -0.3 is 24.1 Å². The van der Waals surface area contributed by atoms with Crippen LogP contribution in [0, 0.1) is 5.92 Å². The van der Waals surface area contributed by atoms with Gasteiger partial charge in [0.25, 0.3) is 5.91 Å². The molecule has 2 bridgehead atoms. The number of likely N-dealkylation sites (tertiary alicyclic amines) is 1. The van der Waals surface area contributed by atoms with Gasteiger partial charge in [-0.1, -0.05) is 67.6 Å². The predicted octanol–water partition coefficient (Wildman–Crippen LogP) is 6.05. The molecule has 5 aromatic rings. The van der Waals surface area contributed by atoms with Gasteiger partial charge in [0.2, 0.25) is 0 Å². The maximum Gasteiger partial charge on any atom is 0.254 e. The van der Waals surface area contributed by atoms with E-state index in [9.17, 15) is 4.79 Å². The second-order valence-corrected chi connectivity index (χ2v) is 11.9. The summed E-state index contributed by atoms with van der Waals surface area (Å²) in [6.45, 7) is 4.61. The molecule has 1 aliphatic heterocycles. The summed E-state index contributed by atoms with van der Waals surface area (Å²) in [4.78, 5) is 21.2. The zero-order valence-electron chi connectivity index (χ0n) is 25.2. The molecule has 3 aromatic carbocycles. The van der Waals surface area contributed by atoms with Gasteiger partial charge in [-0.2, -0.15) is 0 Å². The van der Waals surface area contributed by atoms with Crippen molar-refractivity contribution in [3.05, 3.63) is 107 Å². The van der Waals surface area contributed by atoms with Crippen LogP contribution in [-0.2, 0) is 26.6 Å². The van der Waals surface area contributed by atoms with E-state index in [-0.39, 0.29) is 11.9 Å². The molecule has 3 heterocycles. The van der Waals surface area contributed by atoms with E-state index in [0.717, 1.165) is 61.3 Å². The van der Waals surface area contributed by atoms with Crippen LogP contribution in [0.5, 0.6) is 5.75 Å². The highest BCUT2D eigenvalue weighted by molar-refractivity contribution is 6.00. The van der Waals surface area contributed by atoms with Crippen LogP contribution in [0.1, 0.15) is 46.9 Å². The molecule has 7 rings (SSSR count). The van der Waals surface area contributed by atoms with Crippen molar-refractivity contribution < 1.29 is 9.53 Å². The maximum atomic E-state index is 14.0. The van der Waals surface area contributed by atoms with Crippen molar-refractivity contribution in [2.75, 3.05) is 13.7 Å². The number of methoxy groups -OCH3 is 1. The van der Waals surface area contributed by atoms with Crippen LogP contribution >= 0.6 is 0 Å². The molecule has 43 heavy (non-hydrogen) atoms. The fraction of sp³-hybridized carbons (Fsp3) is 0.333. The Balaban J connectivity index is 1.17. The van der Waals surface area contributed by atoms with Crippen molar-refractivity contribution in [1.29, 1.82) is 0 Å². The summed E-state index contributed by atoms with van der Waals surface area (Å²) in [5.74, 6) is 2.10. The minimum Gasteiger partial charge on any atom is -0.494 e. The third kappa shape index (κ3) is 4.91. The van der Waals surface area contributed by atoms with Crippen LogP contribution in [0.3, 0.4) is 0 Å². The highest BCUT2D eigenvalue weighted by Crippen LogP contribution is 2.40. The molecule has 2 fully saturated rings. The van der Waals surface area contributed by atoms with Gasteiger partial charge in [-0.15, -0.1) is 0 Å². The lowest BCUT2D eigenvalue weighted by Gasteiger charge is -2.28. The van der Waals surface area contributed by atoms with Gasteiger partial charge in [0.1, 0.15) is 17.1 Å². The van der Waals surface area contributed by atoms with E-state index in [0.29, 0.717) is 23.3 Å². The summed E-state index contributed by atoms with van der Waals surface area (Å²) >= 11 is 0. The standard InChI is InChI=1S/C36H39N5O2/c1-4-30-28(17-18-40(30)22-25-13-9-6-10-14-25)35-38-29-19-27(20-32(43-3)34(29)39(35)2)36(42)41-23-26-15-16-31(41)33(26)37-21-24-11-7-5-8-12-24/h5-14,17-20,26,31,33,37H,4,15-16,21-23H2,1-3H3. The molecule has 0 radical (unpaired) electrons. The molecule has 1 saturated carbocycles. The molecular formula is C36H39N5O2. The van der Waals surface area contributed by atoms with Gasteiger partial charge in [-0.3, -0.25) is 4.79 Å². The van der Waals surface area contributed by atoms with Crippen molar-refractivity contribution >= 4 is 16.9 Å². The second-order valence-electron chi connectivity index (χ2n) is 11.9. The molecule has 1 N–H and O–H groups in total. The Morgan fingerprint density at radius 1 is 1.00 bits per heavy atom. The molecule has 1 amide bonds. The summed E-state index contributed by atoms with van der Waals surface area (Å²) in [6, 6.07) is 27.6. The fourth-order valence-electron chi connectivity index (χ4n) is 7.40. The zero-order chi connectivity index (χ0) is 29.5. The lowest BCUT2D eigenvalue weighted by atomic mass is 10.1. The maximum absolute atomic E-state index is 14.0. The normalized spacial score (nSPS) is 19.4. The Labute approximate surface area is 253 Å². The molecule has 220 valence electrons. The summed E-state index contributed by atoms with van der Waals surface area (Å²) in [5.41, 5.74) is 7.20. The number of nitrogens with one attached hydrogen (secondary N) is 1. The fourth-order valence-corrected chi connectivity index (χ4v) is 7.40. The molecule has 3 atom stereocenters. The number of carbonyl (C=O) groups excluding carboxylic acids is 1. The zero-order valence-corrected chi connectivity index (χ0v) is 25.2. The molecule has 2 aromatic heterocycles. The first-order valence-corrected chi connectivity index (χ1v) is 15.4. The third-order valence-electron chi connectivity index (χ3n) is 9.48. The Morgan fingerprint density at radius 3 is 2.47 bits per heavy atom. The van der Waals surface area contributed by atoms with Crippen molar-refractivity contribution in [2.24, 2.45) is 13.0 Å². The SMILES string of the molecule is CCc1c(-c2nc3cc(C(=O)N4CC5CCC4C5NCc4ccccc4)cc(OC)c3n2C)ccn1Cc1ccccc1. The first kappa shape index (κ1) is 27.5. The average Bonchev–Trinajstić information content (AvgIpc) is 3.81. The number of benzene rings is 3. The van der Waals surface area contributed by atoms with Gasteiger partial charge in [0.15, 0.2) is 0 Å². The number of piperidine rings is 1. The number of rotatable bonds is 9. The number of imidazole rings is 1. The van der Waals surface area contributed by atoms with Gasteiger partial charge in [-0.05, 0) is 54.5 Å². The number of ether oxygens (including phenoxy) is 1. The monoisotopic (exact) mass is 573 g/mol. The van der Waals surface area contributed by atoms with E-state index in [2.05, 4.69) is 87.1 Å². The largest absolute Gasteiger partial charge is 0.494 e. The number of aromatic nitrogens is 3.